The van der Waals surface area contributed by atoms with Crippen molar-refractivity contribution in [2.45, 2.75) is 32.1 Å². The van der Waals surface area contributed by atoms with Gasteiger partial charge in [0.15, 0.2) is 5.78 Å². The topological polar surface area (TPSA) is 35.5 Å². The molecule has 0 amide bonds. The summed E-state index contributed by atoms with van der Waals surface area (Å²) in [6.45, 7) is 3.65. The minimum absolute atomic E-state index is 0.185. The van der Waals surface area contributed by atoms with Gasteiger partial charge in [0.1, 0.15) is 12.4 Å². The highest BCUT2D eigenvalue weighted by molar-refractivity contribution is 5.80. The normalized spacial score (nSPS) is 17.9. The van der Waals surface area contributed by atoms with E-state index in [-0.39, 0.29) is 18.3 Å². The molecule has 1 unspecified atom stereocenters. The summed E-state index contributed by atoms with van der Waals surface area (Å²) in [7, 11) is 0. The van der Waals surface area contributed by atoms with Crippen LogP contribution in [0.1, 0.15) is 37.7 Å². The first kappa shape index (κ1) is 13.1. The fourth-order valence-electron chi connectivity index (χ4n) is 2.29. The molecule has 1 aromatic rings. The summed E-state index contributed by atoms with van der Waals surface area (Å²) in [6, 6.07) is 7.99. The molecule has 0 N–H and O–H groups in total. The number of Topliss-reactive ketones (excluding diaryl/α,β-unsaturated/α-hetero) is 1. The Balaban J connectivity index is 1.92. The largest absolute Gasteiger partial charge is 0.493 e. The van der Waals surface area contributed by atoms with Gasteiger partial charge in [-0.05, 0) is 30.4 Å². The van der Waals surface area contributed by atoms with Crippen molar-refractivity contribution in [3.63, 3.8) is 0 Å². The van der Waals surface area contributed by atoms with Gasteiger partial charge in [-0.3, -0.25) is 4.79 Å². The number of ether oxygens (including phenoxy) is 2. The van der Waals surface area contributed by atoms with Crippen LogP contribution in [0, 0.1) is 0 Å². The third-order valence-electron chi connectivity index (χ3n) is 3.17. The molecule has 0 saturated carbocycles. The third kappa shape index (κ3) is 3.33. The highest BCUT2D eigenvalue weighted by Crippen LogP contribution is 2.35. The summed E-state index contributed by atoms with van der Waals surface area (Å²) in [5.74, 6) is 1.40. The summed E-state index contributed by atoms with van der Waals surface area (Å²) in [5.41, 5.74) is 1.16. The number of carbonyl (C=O) groups excluding carboxylic acids is 1. The molecular weight excluding hydrogens is 228 g/mol. The predicted molar refractivity (Wildman–Crippen MR) is 70.0 cm³/mol. The molecule has 1 atom stereocenters. The maximum absolute atomic E-state index is 11.8. The van der Waals surface area contributed by atoms with E-state index < -0.39 is 0 Å². The maximum atomic E-state index is 11.8. The number of ketones is 1. The standard InChI is InChI=1S/C15H20O3/c1-2-8-17-11-13(16)10-12-7-9-18-15-6-4-3-5-14(12)15/h3-6,12H,2,7-11H2,1H3. The molecule has 0 saturated heterocycles. The average Bonchev–Trinajstić information content (AvgIpc) is 2.39. The average molecular weight is 248 g/mol. The summed E-state index contributed by atoms with van der Waals surface area (Å²) >= 11 is 0. The zero-order valence-electron chi connectivity index (χ0n) is 10.9. The van der Waals surface area contributed by atoms with Gasteiger partial charge in [-0.2, -0.15) is 0 Å². The van der Waals surface area contributed by atoms with E-state index in [1.165, 1.54) is 0 Å². The van der Waals surface area contributed by atoms with E-state index in [9.17, 15) is 4.79 Å². The van der Waals surface area contributed by atoms with Gasteiger partial charge in [0.2, 0.25) is 0 Å². The van der Waals surface area contributed by atoms with Crippen molar-refractivity contribution in [2.24, 2.45) is 0 Å². The molecule has 1 aliphatic heterocycles. The Morgan fingerprint density at radius 1 is 1.44 bits per heavy atom. The van der Waals surface area contributed by atoms with E-state index in [0.29, 0.717) is 19.6 Å². The number of rotatable bonds is 6. The van der Waals surface area contributed by atoms with Crippen LogP contribution in [0.25, 0.3) is 0 Å². The first-order valence-corrected chi connectivity index (χ1v) is 6.62. The number of hydrogen-bond acceptors (Lipinski definition) is 3. The van der Waals surface area contributed by atoms with Crippen molar-refractivity contribution in [3.05, 3.63) is 29.8 Å². The SMILES string of the molecule is CCCOCC(=O)CC1CCOc2ccccc21. The van der Waals surface area contributed by atoms with Gasteiger partial charge in [0.25, 0.3) is 0 Å². The number of para-hydroxylation sites is 1. The molecule has 18 heavy (non-hydrogen) atoms. The van der Waals surface area contributed by atoms with Crippen LogP contribution in [0.4, 0.5) is 0 Å². The molecule has 0 bridgehead atoms. The van der Waals surface area contributed by atoms with Crippen LogP contribution >= 0.6 is 0 Å². The van der Waals surface area contributed by atoms with Crippen molar-refractivity contribution >= 4 is 5.78 Å². The quantitative estimate of drug-likeness (QED) is 0.726. The molecule has 1 aliphatic rings. The summed E-state index contributed by atoms with van der Waals surface area (Å²) in [4.78, 5) is 11.8. The Hall–Kier alpha value is -1.35. The number of benzene rings is 1. The molecule has 98 valence electrons. The molecular formula is C15H20O3. The lowest BCUT2D eigenvalue weighted by atomic mass is 9.89. The third-order valence-corrected chi connectivity index (χ3v) is 3.17. The Morgan fingerprint density at radius 2 is 2.28 bits per heavy atom. The van der Waals surface area contributed by atoms with E-state index in [2.05, 4.69) is 6.07 Å². The van der Waals surface area contributed by atoms with Crippen LogP contribution in [-0.4, -0.2) is 25.6 Å². The predicted octanol–water partition coefficient (Wildman–Crippen LogP) is 2.94. The summed E-state index contributed by atoms with van der Waals surface area (Å²) < 4.78 is 10.9. The zero-order valence-corrected chi connectivity index (χ0v) is 10.9. The van der Waals surface area contributed by atoms with Gasteiger partial charge in [-0.1, -0.05) is 25.1 Å². The molecule has 0 radical (unpaired) electrons. The van der Waals surface area contributed by atoms with Crippen LogP contribution in [0.15, 0.2) is 24.3 Å². The summed E-state index contributed by atoms with van der Waals surface area (Å²) in [6.07, 6.45) is 2.42. The van der Waals surface area contributed by atoms with Crippen molar-refractivity contribution < 1.29 is 14.3 Å². The van der Waals surface area contributed by atoms with Crippen molar-refractivity contribution in [2.75, 3.05) is 19.8 Å². The molecule has 0 aromatic heterocycles. The van der Waals surface area contributed by atoms with Crippen LogP contribution in [0.2, 0.25) is 0 Å². The van der Waals surface area contributed by atoms with Crippen LogP contribution in [0.3, 0.4) is 0 Å². The first-order valence-electron chi connectivity index (χ1n) is 6.62. The first-order chi connectivity index (χ1) is 8.81. The highest BCUT2D eigenvalue weighted by Gasteiger charge is 2.23. The molecule has 3 heteroatoms. The lowest BCUT2D eigenvalue weighted by Crippen LogP contribution is -2.19. The number of carbonyl (C=O) groups is 1. The number of fused-ring (bicyclic) bond motifs is 1. The van der Waals surface area contributed by atoms with Gasteiger partial charge < -0.3 is 9.47 Å². The Labute approximate surface area is 108 Å². The molecule has 1 aromatic carbocycles. The van der Waals surface area contributed by atoms with E-state index in [1.807, 2.05) is 25.1 Å². The van der Waals surface area contributed by atoms with E-state index >= 15 is 0 Å². The van der Waals surface area contributed by atoms with Gasteiger partial charge in [-0.25, -0.2) is 0 Å². The zero-order chi connectivity index (χ0) is 12.8. The smallest absolute Gasteiger partial charge is 0.159 e. The molecule has 2 rings (SSSR count). The van der Waals surface area contributed by atoms with Crippen LogP contribution < -0.4 is 4.74 Å². The molecule has 0 fully saturated rings. The van der Waals surface area contributed by atoms with Crippen LogP contribution in [-0.2, 0) is 9.53 Å². The molecule has 0 spiro atoms. The van der Waals surface area contributed by atoms with Crippen LogP contribution in [0.5, 0.6) is 5.75 Å². The molecule has 1 heterocycles. The lowest BCUT2D eigenvalue weighted by molar-refractivity contribution is -0.124. The Morgan fingerprint density at radius 3 is 3.11 bits per heavy atom. The fourth-order valence-corrected chi connectivity index (χ4v) is 2.29. The van der Waals surface area contributed by atoms with E-state index in [1.54, 1.807) is 0 Å². The summed E-state index contributed by atoms with van der Waals surface area (Å²) in [5, 5.41) is 0. The second-order valence-corrected chi connectivity index (χ2v) is 4.67. The molecule has 0 aliphatic carbocycles. The number of hydrogen-bond donors (Lipinski definition) is 0. The van der Waals surface area contributed by atoms with Gasteiger partial charge in [-0.15, -0.1) is 0 Å². The monoisotopic (exact) mass is 248 g/mol. The van der Waals surface area contributed by atoms with Crippen molar-refractivity contribution in [1.29, 1.82) is 0 Å². The fraction of sp³-hybridized carbons (Fsp3) is 0.533. The van der Waals surface area contributed by atoms with Crippen molar-refractivity contribution in [1.82, 2.24) is 0 Å². The van der Waals surface area contributed by atoms with Crippen molar-refractivity contribution in [3.8, 4) is 5.75 Å². The Bertz CT molecular complexity index is 400. The Kier molecular flexibility index (Phi) is 4.76. The molecule has 3 nitrogen and oxygen atoms in total. The van der Waals surface area contributed by atoms with E-state index in [0.717, 1.165) is 24.2 Å². The lowest BCUT2D eigenvalue weighted by Gasteiger charge is -2.25. The maximum Gasteiger partial charge on any atom is 0.159 e. The minimum Gasteiger partial charge on any atom is -0.493 e. The van der Waals surface area contributed by atoms with Gasteiger partial charge >= 0.3 is 0 Å². The second-order valence-electron chi connectivity index (χ2n) is 4.67. The second kappa shape index (κ2) is 6.55. The van der Waals surface area contributed by atoms with E-state index in [4.69, 9.17) is 9.47 Å². The van der Waals surface area contributed by atoms with Gasteiger partial charge in [0.05, 0.1) is 6.61 Å². The highest BCUT2D eigenvalue weighted by atomic mass is 16.5. The minimum atomic E-state index is 0.185. The van der Waals surface area contributed by atoms with Gasteiger partial charge in [0, 0.05) is 13.0 Å².